The number of amides is 1. The first-order valence-electron chi connectivity index (χ1n) is 8.73. The second kappa shape index (κ2) is 7.18. The van der Waals surface area contributed by atoms with Crippen molar-refractivity contribution in [3.8, 4) is 5.82 Å². The molecule has 8 nitrogen and oxygen atoms in total. The Bertz CT molecular complexity index is 706. The molecule has 0 saturated carbocycles. The van der Waals surface area contributed by atoms with Crippen molar-refractivity contribution < 1.29 is 9.53 Å². The number of carbonyl (C=O) groups excluding carboxylic acids is 1. The second-order valence-electron chi connectivity index (χ2n) is 6.40. The van der Waals surface area contributed by atoms with Gasteiger partial charge in [0.15, 0.2) is 0 Å². The van der Waals surface area contributed by atoms with Crippen LogP contribution in [-0.4, -0.2) is 69.7 Å². The third-order valence-corrected chi connectivity index (χ3v) is 4.89. The molecule has 0 atom stereocenters. The summed E-state index contributed by atoms with van der Waals surface area (Å²) in [6, 6.07) is 1.96. The predicted molar refractivity (Wildman–Crippen MR) is 91.5 cm³/mol. The highest BCUT2D eigenvalue weighted by Crippen LogP contribution is 2.20. The molecule has 4 rings (SSSR count). The van der Waals surface area contributed by atoms with Crippen LogP contribution in [0.4, 0.5) is 5.82 Å². The van der Waals surface area contributed by atoms with Crippen molar-refractivity contribution >= 4 is 11.7 Å². The van der Waals surface area contributed by atoms with Crippen LogP contribution in [0.25, 0.3) is 5.82 Å². The first kappa shape index (κ1) is 16.0. The van der Waals surface area contributed by atoms with Gasteiger partial charge in [-0.15, -0.1) is 0 Å². The smallest absolute Gasteiger partial charge is 0.225 e. The highest BCUT2D eigenvalue weighted by molar-refractivity contribution is 5.79. The Kier molecular flexibility index (Phi) is 4.60. The minimum atomic E-state index is 0.132. The number of hydrogen-bond acceptors (Lipinski definition) is 6. The lowest BCUT2D eigenvalue weighted by Gasteiger charge is -2.37. The SMILES string of the molecule is O=C(C1CCOCC1)N1CCN(c2cc(-n3ccnc3)ncn2)CC1. The fourth-order valence-electron chi connectivity index (χ4n) is 3.40. The van der Waals surface area contributed by atoms with E-state index in [1.807, 2.05) is 21.7 Å². The van der Waals surface area contributed by atoms with Gasteiger partial charge in [-0.1, -0.05) is 0 Å². The Morgan fingerprint density at radius 2 is 1.84 bits per heavy atom. The summed E-state index contributed by atoms with van der Waals surface area (Å²) in [7, 11) is 0. The maximum absolute atomic E-state index is 12.6. The molecule has 2 aliphatic rings. The van der Waals surface area contributed by atoms with Crippen LogP contribution in [0.15, 0.2) is 31.1 Å². The number of ether oxygens (including phenoxy) is 1. The summed E-state index contributed by atoms with van der Waals surface area (Å²) < 4.78 is 7.21. The number of piperazine rings is 1. The van der Waals surface area contributed by atoms with E-state index in [1.165, 1.54) is 0 Å². The Balaban J connectivity index is 1.38. The molecule has 1 amide bonds. The van der Waals surface area contributed by atoms with Gasteiger partial charge in [-0.25, -0.2) is 15.0 Å². The van der Waals surface area contributed by atoms with E-state index in [0.717, 1.165) is 50.7 Å². The number of anilines is 1. The fraction of sp³-hybridized carbons (Fsp3) is 0.529. The van der Waals surface area contributed by atoms with Crippen LogP contribution in [0, 0.1) is 5.92 Å². The third-order valence-electron chi connectivity index (χ3n) is 4.89. The number of hydrogen-bond donors (Lipinski definition) is 0. The standard InChI is InChI=1S/C17H22N6O2/c24-17(14-1-9-25-10-2-14)22-7-5-21(6-8-22)15-11-16(20-12-19-15)23-4-3-18-13-23/h3-4,11-14H,1-2,5-10H2. The first-order chi connectivity index (χ1) is 12.3. The molecule has 132 valence electrons. The van der Waals surface area contributed by atoms with Crippen molar-refractivity contribution in [1.29, 1.82) is 0 Å². The minimum absolute atomic E-state index is 0.132. The van der Waals surface area contributed by atoms with Gasteiger partial charge in [0.25, 0.3) is 0 Å². The van der Waals surface area contributed by atoms with Gasteiger partial charge in [-0.05, 0) is 12.8 Å². The molecule has 0 N–H and O–H groups in total. The number of imidazole rings is 1. The molecule has 2 aromatic heterocycles. The average molecular weight is 342 g/mol. The Morgan fingerprint density at radius 3 is 2.56 bits per heavy atom. The zero-order chi connectivity index (χ0) is 17.1. The molecule has 0 unspecified atom stereocenters. The monoisotopic (exact) mass is 342 g/mol. The van der Waals surface area contributed by atoms with Crippen LogP contribution in [-0.2, 0) is 9.53 Å². The summed E-state index contributed by atoms with van der Waals surface area (Å²) in [5.41, 5.74) is 0. The molecule has 2 fully saturated rings. The van der Waals surface area contributed by atoms with Crippen molar-refractivity contribution in [2.24, 2.45) is 5.92 Å². The maximum atomic E-state index is 12.6. The lowest BCUT2D eigenvalue weighted by atomic mass is 9.98. The van der Waals surface area contributed by atoms with Gasteiger partial charge >= 0.3 is 0 Å². The van der Waals surface area contributed by atoms with Crippen molar-refractivity contribution in [2.45, 2.75) is 12.8 Å². The van der Waals surface area contributed by atoms with Crippen LogP contribution in [0.3, 0.4) is 0 Å². The average Bonchev–Trinajstić information content (AvgIpc) is 3.23. The van der Waals surface area contributed by atoms with Crippen LogP contribution in [0.1, 0.15) is 12.8 Å². The largest absolute Gasteiger partial charge is 0.381 e. The molecule has 25 heavy (non-hydrogen) atoms. The van der Waals surface area contributed by atoms with Gasteiger partial charge in [-0.3, -0.25) is 9.36 Å². The maximum Gasteiger partial charge on any atom is 0.225 e. The Morgan fingerprint density at radius 1 is 1.08 bits per heavy atom. The van der Waals surface area contributed by atoms with Crippen LogP contribution in [0.5, 0.6) is 0 Å². The Hall–Kier alpha value is -2.48. The molecule has 0 radical (unpaired) electrons. The number of carbonyl (C=O) groups is 1. The van der Waals surface area contributed by atoms with E-state index in [1.54, 1.807) is 18.9 Å². The second-order valence-corrected chi connectivity index (χ2v) is 6.40. The molecular formula is C17H22N6O2. The number of nitrogens with zero attached hydrogens (tertiary/aromatic N) is 6. The van der Waals surface area contributed by atoms with Gasteiger partial charge < -0.3 is 14.5 Å². The number of rotatable bonds is 3. The zero-order valence-electron chi connectivity index (χ0n) is 14.1. The van der Waals surface area contributed by atoms with E-state index >= 15 is 0 Å². The Labute approximate surface area is 146 Å². The predicted octanol–water partition coefficient (Wildman–Crippen LogP) is 0.737. The molecule has 0 aliphatic carbocycles. The van der Waals surface area contributed by atoms with E-state index in [2.05, 4.69) is 19.9 Å². The fourth-order valence-corrected chi connectivity index (χ4v) is 3.40. The summed E-state index contributed by atoms with van der Waals surface area (Å²) in [4.78, 5) is 29.6. The van der Waals surface area contributed by atoms with Crippen LogP contribution >= 0.6 is 0 Å². The lowest BCUT2D eigenvalue weighted by Crippen LogP contribution is -2.51. The first-order valence-corrected chi connectivity index (χ1v) is 8.73. The molecule has 2 aromatic rings. The summed E-state index contributed by atoms with van der Waals surface area (Å²) in [6.45, 7) is 4.45. The van der Waals surface area contributed by atoms with Gasteiger partial charge in [0.05, 0.1) is 0 Å². The third kappa shape index (κ3) is 3.48. The minimum Gasteiger partial charge on any atom is -0.381 e. The van der Waals surface area contributed by atoms with Gasteiger partial charge in [-0.2, -0.15) is 0 Å². The highest BCUT2D eigenvalue weighted by atomic mass is 16.5. The van der Waals surface area contributed by atoms with Gasteiger partial charge in [0, 0.05) is 63.8 Å². The van der Waals surface area contributed by atoms with E-state index in [4.69, 9.17) is 4.74 Å². The van der Waals surface area contributed by atoms with Crippen molar-refractivity contribution in [2.75, 3.05) is 44.3 Å². The van der Waals surface area contributed by atoms with E-state index in [-0.39, 0.29) is 11.8 Å². The molecule has 2 saturated heterocycles. The van der Waals surface area contributed by atoms with Crippen molar-refractivity contribution in [3.05, 3.63) is 31.1 Å². The molecule has 8 heteroatoms. The molecule has 0 bridgehead atoms. The summed E-state index contributed by atoms with van der Waals surface area (Å²) in [5.74, 6) is 2.09. The molecule has 2 aliphatic heterocycles. The lowest BCUT2D eigenvalue weighted by molar-refractivity contribution is -0.138. The molecule has 4 heterocycles. The van der Waals surface area contributed by atoms with Crippen LogP contribution < -0.4 is 4.90 Å². The summed E-state index contributed by atoms with van der Waals surface area (Å²) in [5, 5.41) is 0. The number of aromatic nitrogens is 4. The topological polar surface area (TPSA) is 76.4 Å². The molecule has 0 aromatic carbocycles. The molecule has 0 spiro atoms. The quantitative estimate of drug-likeness (QED) is 0.819. The van der Waals surface area contributed by atoms with E-state index in [0.29, 0.717) is 13.2 Å². The summed E-state index contributed by atoms with van der Waals surface area (Å²) >= 11 is 0. The normalized spacial score (nSPS) is 19.2. The zero-order valence-corrected chi connectivity index (χ0v) is 14.1. The molecular weight excluding hydrogens is 320 g/mol. The van der Waals surface area contributed by atoms with E-state index in [9.17, 15) is 4.79 Å². The van der Waals surface area contributed by atoms with Gasteiger partial charge in [0.2, 0.25) is 5.91 Å². The summed E-state index contributed by atoms with van der Waals surface area (Å²) in [6.07, 6.45) is 8.57. The van der Waals surface area contributed by atoms with E-state index < -0.39 is 0 Å². The van der Waals surface area contributed by atoms with Crippen LogP contribution in [0.2, 0.25) is 0 Å². The van der Waals surface area contributed by atoms with Crippen molar-refractivity contribution in [3.63, 3.8) is 0 Å². The van der Waals surface area contributed by atoms with Gasteiger partial charge in [0.1, 0.15) is 24.3 Å². The van der Waals surface area contributed by atoms with Crippen molar-refractivity contribution in [1.82, 2.24) is 24.4 Å². The highest BCUT2D eigenvalue weighted by Gasteiger charge is 2.29.